The summed E-state index contributed by atoms with van der Waals surface area (Å²) in [6.45, 7) is 4.61. The van der Waals surface area contributed by atoms with Gasteiger partial charge in [0.15, 0.2) is 6.04 Å². The van der Waals surface area contributed by atoms with E-state index in [0.29, 0.717) is 17.1 Å². The first-order valence-corrected chi connectivity index (χ1v) is 6.49. The van der Waals surface area contributed by atoms with Crippen molar-refractivity contribution in [3.63, 3.8) is 0 Å². The van der Waals surface area contributed by atoms with Crippen molar-refractivity contribution in [1.82, 2.24) is 15.3 Å². The van der Waals surface area contributed by atoms with E-state index in [4.69, 9.17) is 5.11 Å². The van der Waals surface area contributed by atoms with Crippen molar-refractivity contribution in [3.8, 4) is 0 Å². The summed E-state index contributed by atoms with van der Waals surface area (Å²) in [5, 5.41) is 20.3. The Morgan fingerprint density at radius 1 is 1.38 bits per heavy atom. The SMILES string of the molecule is Cc1nc(C)c(CCC(=O)N[C@H](C(=O)O)[C@@H](C)O)c(=O)[nH]1. The van der Waals surface area contributed by atoms with Gasteiger partial charge < -0.3 is 20.5 Å². The lowest BCUT2D eigenvalue weighted by molar-refractivity contribution is -0.144. The van der Waals surface area contributed by atoms with Crippen molar-refractivity contribution in [2.45, 2.75) is 45.8 Å². The standard InChI is InChI=1S/C13H19N3O5/c1-6-9(12(19)15-8(3)14-6)4-5-10(18)16-11(7(2)17)13(20)21/h7,11,17H,4-5H2,1-3H3,(H,16,18)(H,20,21)(H,14,15,19)/t7-,11+/m1/s1. The molecule has 21 heavy (non-hydrogen) atoms. The summed E-state index contributed by atoms with van der Waals surface area (Å²) in [6, 6.07) is -1.37. The number of carbonyl (C=O) groups excluding carboxylic acids is 1. The van der Waals surface area contributed by atoms with Crippen LogP contribution in [0.3, 0.4) is 0 Å². The number of amides is 1. The summed E-state index contributed by atoms with van der Waals surface area (Å²) >= 11 is 0. The van der Waals surface area contributed by atoms with E-state index >= 15 is 0 Å². The third-order valence-corrected chi connectivity index (χ3v) is 3.01. The number of carboxylic acid groups (broad SMARTS) is 1. The van der Waals surface area contributed by atoms with Crippen LogP contribution in [0, 0.1) is 13.8 Å². The Hall–Kier alpha value is -2.22. The normalized spacial score (nSPS) is 13.5. The second-order valence-electron chi connectivity index (χ2n) is 4.84. The number of aromatic nitrogens is 2. The summed E-state index contributed by atoms with van der Waals surface area (Å²) in [4.78, 5) is 41.0. The highest BCUT2D eigenvalue weighted by Gasteiger charge is 2.24. The Kier molecular flexibility index (Phi) is 5.60. The number of aromatic amines is 1. The number of nitrogens with one attached hydrogen (secondary N) is 2. The number of nitrogens with zero attached hydrogens (tertiary/aromatic N) is 1. The van der Waals surface area contributed by atoms with Gasteiger partial charge in [0.05, 0.1) is 6.10 Å². The quantitative estimate of drug-likeness (QED) is 0.547. The van der Waals surface area contributed by atoms with Crippen LogP contribution in [0.15, 0.2) is 4.79 Å². The third kappa shape index (κ3) is 4.67. The van der Waals surface area contributed by atoms with Crippen LogP contribution in [0.1, 0.15) is 30.4 Å². The van der Waals surface area contributed by atoms with Gasteiger partial charge in [0, 0.05) is 17.7 Å². The van der Waals surface area contributed by atoms with E-state index in [9.17, 15) is 19.5 Å². The minimum Gasteiger partial charge on any atom is -0.480 e. The molecule has 1 aromatic heterocycles. The lowest BCUT2D eigenvalue weighted by Crippen LogP contribution is -2.47. The number of carboxylic acids is 1. The first-order valence-electron chi connectivity index (χ1n) is 6.49. The van der Waals surface area contributed by atoms with Gasteiger partial charge in [-0.05, 0) is 27.2 Å². The Labute approximate surface area is 121 Å². The molecule has 8 heteroatoms. The molecule has 0 aliphatic rings. The summed E-state index contributed by atoms with van der Waals surface area (Å²) in [5.74, 6) is -1.38. The maximum Gasteiger partial charge on any atom is 0.328 e. The van der Waals surface area contributed by atoms with Crippen molar-refractivity contribution >= 4 is 11.9 Å². The molecule has 116 valence electrons. The maximum atomic E-state index is 11.8. The van der Waals surface area contributed by atoms with Crippen molar-refractivity contribution in [1.29, 1.82) is 0 Å². The average Bonchev–Trinajstić information content (AvgIpc) is 2.33. The third-order valence-electron chi connectivity index (χ3n) is 3.01. The van der Waals surface area contributed by atoms with Crippen molar-refractivity contribution in [3.05, 3.63) is 27.4 Å². The highest BCUT2D eigenvalue weighted by Crippen LogP contribution is 2.03. The highest BCUT2D eigenvalue weighted by atomic mass is 16.4. The number of aryl methyl sites for hydroxylation is 2. The first-order chi connectivity index (χ1) is 9.72. The van der Waals surface area contributed by atoms with Crippen LogP contribution in [0.4, 0.5) is 0 Å². The largest absolute Gasteiger partial charge is 0.480 e. The molecule has 0 radical (unpaired) electrons. The summed E-state index contributed by atoms with van der Waals surface area (Å²) in [6.07, 6.45) is -1.13. The van der Waals surface area contributed by atoms with Gasteiger partial charge in [-0.2, -0.15) is 0 Å². The number of rotatable bonds is 6. The van der Waals surface area contributed by atoms with Crippen LogP contribution in [0.2, 0.25) is 0 Å². The molecular formula is C13H19N3O5. The van der Waals surface area contributed by atoms with Crippen LogP contribution in [0.5, 0.6) is 0 Å². The van der Waals surface area contributed by atoms with E-state index < -0.39 is 24.0 Å². The van der Waals surface area contributed by atoms with Gasteiger partial charge in [-0.15, -0.1) is 0 Å². The van der Waals surface area contributed by atoms with Crippen molar-refractivity contribution < 1.29 is 19.8 Å². The fraction of sp³-hybridized carbons (Fsp3) is 0.538. The van der Waals surface area contributed by atoms with Gasteiger partial charge in [0.2, 0.25) is 5.91 Å². The lowest BCUT2D eigenvalue weighted by Gasteiger charge is -2.17. The molecule has 0 bridgehead atoms. The number of hydrogen-bond donors (Lipinski definition) is 4. The zero-order chi connectivity index (χ0) is 16.2. The number of aliphatic hydroxyl groups excluding tert-OH is 1. The fourth-order valence-electron chi connectivity index (χ4n) is 1.92. The predicted octanol–water partition coefficient (Wildman–Crippen LogP) is -0.730. The molecule has 0 saturated carbocycles. The van der Waals surface area contributed by atoms with Gasteiger partial charge in [0.25, 0.3) is 5.56 Å². The topological polar surface area (TPSA) is 132 Å². The molecule has 4 N–H and O–H groups in total. The molecule has 0 aromatic carbocycles. The summed E-state index contributed by atoms with van der Waals surface area (Å²) < 4.78 is 0. The van der Waals surface area contributed by atoms with Crippen LogP contribution in [-0.4, -0.2) is 44.2 Å². The number of aliphatic hydroxyl groups is 1. The zero-order valence-corrected chi connectivity index (χ0v) is 12.1. The molecular weight excluding hydrogens is 278 g/mol. The van der Waals surface area contributed by atoms with Crippen LogP contribution in [0.25, 0.3) is 0 Å². The summed E-state index contributed by atoms with van der Waals surface area (Å²) in [7, 11) is 0. The van der Waals surface area contributed by atoms with Crippen LogP contribution in [-0.2, 0) is 16.0 Å². The Morgan fingerprint density at radius 3 is 2.48 bits per heavy atom. The Morgan fingerprint density at radius 2 is 2.00 bits per heavy atom. The predicted molar refractivity (Wildman–Crippen MR) is 73.9 cm³/mol. The number of H-pyrrole nitrogens is 1. The van der Waals surface area contributed by atoms with E-state index in [-0.39, 0.29) is 18.4 Å². The van der Waals surface area contributed by atoms with Gasteiger partial charge in [-0.3, -0.25) is 9.59 Å². The Balaban J connectivity index is 2.70. The van der Waals surface area contributed by atoms with Crippen molar-refractivity contribution in [2.75, 3.05) is 0 Å². The summed E-state index contributed by atoms with van der Waals surface area (Å²) in [5.41, 5.74) is 0.618. The zero-order valence-electron chi connectivity index (χ0n) is 12.1. The molecule has 0 unspecified atom stereocenters. The van der Waals surface area contributed by atoms with E-state index in [1.54, 1.807) is 13.8 Å². The molecule has 0 aliphatic carbocycles. The van der Waals surface area contributed by atoms with Crippen LogP contribution < -0.4 is 10.9 Å². The maximum absolute atomic E-state index is 11.8. The van der Waals surface area contributed by atoms with E-state index in [2.05, 4.69) is 15.3 Å². The molecule has 0 aliphatic heterocycles. The highest BCUT2D eigenvalue weighted by molar-refractivity contribution is 5.84. The minimum atomic E-state index is -1.37. The van der Waals surface area contributed by atoms with Gasteiger partial charge in [0.1, 0.15) is 5.82 Å². The first kappa shape index (κ1) is 16.8. The smallest absolute Gasteiger partial charge is 0.328 e. The molecule has 0 saturated heterocycles. The average molecular weight is 297 g/mol. The van der Waals surface area contributed by atoms with Crippen molar-refractivity contribution in [2.24, 2.45) is 0 Å². The van der Waals surface area contributed by atoms with Gasteiger partial charge in [-0.25, -0.2) is 9.78 Å². The number of hydrogen-bond acceptors (Lipinski definition) is 5. The number of carbonyl (C=O) groups is 2. The van der Waals surface area contributed by atoms with Crippen LogP contribution >= 0.6 is 0 Å². The molecule has 8 nitrogen and oxygen atoms in total. The molecule has 1 aromatic rings. The van der Waals surface area contributed by atoms with Gasteiger partial charge in [-0.1, -0.05) is 0 Å². The van der Waals surface area contributed by atoms with E-state index in [1.165, 1.54) is 6.92 Å². The second kappa shape index (κ2) is 6.98. The molecule has 1 rings (SSSR count). The minimum absolute atomic E-state index is 0.0643. The Bertz CT molecular complexity index is 594. The van der Waals surface area contributed by atoms with E-state index in [1.807, 2.05) is 0 Å². The molecule has 1 heterocycles. The number of aliphatic carboxylic acids is 1. The lowest BCUT2D eigenvalue weighted by atomic mass is 10.1. The monoisotopic (exact) mass is 297 g/mol. The fourth-order valence-corrected chi connectivity index (χ4v) is 1.92. The molecule has 0 fully saturated rings. The molecule has 2 atom stereocenters. The second-order valence-corrected chi connectivity index (χ2v) is 4.84. The molecule has 1 amide bonds. The molecule has 0 spiro atoms. The van der Waals surface area contributed by atoms with E-state index in [0.717, 1.165) is 0 Å². The van der Waals surface area contributed by atoms with Gasteiger partial charge >= 0.3 is 5.97 Å².